The Labute approximate surface area is 92.0 Å². The van der Waals surface area contributed by atoms with Gasteiger partial charge in [-0.3, -0.25) is 0 Å². The smallest absolute Gasteiger partial charge is 0.422 e. The molecule has 16 heavy (non-hydrogen) atoms. The summed E-state index contributed by atoms with van der Waals surface area (Å²) in [6.07, 6.45) is 2.78. The molecule has 0 radical (unpaired) electrons. The highest BCUT2D eigenvalue weighted by Gasteiger charge is 2.24. The summed E-state index contributed by atoms with van der Waals surface area (Å²) in [5.41, 5.74) is 1.12. The van der Waals surface area contributed by atoms with Gasteiger partial charge in [-0.2, -0.15) is 0 Å². The zero-order chi connectivity index (χ0) is 11.7. The molecular weight excluding hydrogens is 208 g/mol. The molecule has 0 atom stereocenters. The molecule has 0 spiro atoms. The average molecular weight is 218 g/mol. The Hall–Kier alpha value is -2.24. The van der Waals surface area contributed by atoms with Crippen molar-refractivity contribution < 1.29 is 9.46 Å². The van der Waals surface area contributed by atoms with Gasteiger partial charge in [-0.1, -0.05) is 0 Å². The highest BCUT2D eigenvalue weighted by Crippen LogP contribution is 2.05. The number of hydrogen-bond donors (Lipinski definition) is 0. The molecule has 0 bridgehead atoms. The third-order valence-corrected chi connectivity index (χ3v) is 2.17. The minimum absolute atomic E-state index is 0.0127. The lowest BCUT2D eigenvalue weighted by atomic mass is 10.4. The van der Waals surface area contributed by atoms with Gasteiger partial charge in [-0.05, 0) is 16.9 Å². The lowest BCUT2D eigenvalue weighted by molar-refractivity contribution is -0.633. The van der Waals surface area contributed by atoms with Crippen molar-refractivity contribution in [3.05, 3.63) is 46.3 Å². The van der Waals surface area contributed by atoms with Crippen molar-refractivity contribution in [3.8, 4) is 11.6 Å². The molecule has 0 fully saturated rings. The van der Waals surface area contributed by atoms with E-state index in [9.17, 15) is 10.4 Å². The fourth-order valence-electron chi connectivity index (χ4n) is 1.30. The Morgan fingerprint density at radius 1 is 1.12 bits per heavy atom. The molecule has 0 aliphatic carbocycles. The molecule has 2 rings (SSSR count). The van der Waals surface area contributed by atoms with Crippen LogP contribution < -0.4 is 9.46 Å². The minimum atomic E-state index is 0.0127. The van der Waals surface area contributed by atoms with Crippen LogP contribution in [0.1, 0.15) is 11.4 Å². The first-order valence-corrected chi connectivity index (χ1v) is 4.72. The Balaban J connectivity index is 2.67. The molecule has 82 valence electrons. The van der Waals surface area contributed by atoms with Gasteiger partial charge in [-0.15, -0.1) is 0 Å². The largest absolute Gasteiger partial charge is 0.710 e. The van der Waals surface area contributed by atoms with Crippen molar-refractivity contribution in [3.63, 3.8) is 0 Å². The molecule has 0 aromatic carbocycles. The molecule has 0 unspecified atom stereocenters. The van der Waals surface area contributed by atoms with E-state index >= 15 is 0 Å². The molecule has 2 aromatic heterocycles. The van der Waals surface area contributed by atoms with Gasteiger partial charge in [0.05, 0.1) is 6.20 Å². The zero-order valence-corrected chi connectivity index (χ0v) is 8.91. The van der Waals surface area contributed by atoms with Gasteiger partial charge in [-0.25, -0.2) is 9.46 Å². The van der Waals surface area contributed by atoms with Gasteiger partial charge in [0.25, 0.3) is 0 Å². The predicted octanol–water partition coefficient (Wildman–Crippen LogP) is 0.0272. The Morgan fingerprint density at radius 2 is 1.88 bits per heavy atom. The normalized spacial score (nSPS) is 10.4. The van der Waals surface area contributed by atoms with Crippen LogP contribution in [-0.4, -0.2) is 9.97 Å². The molecule has 2 heterocycles. The van der Waals surface area contributed by atoms with Gasteiger partial charge in [0.2, 0.25) is 0 Å². The number of aryl methyl sites for hydroxylation is 2. The van der Waals surface area contributed by atoms with Crippen LogP contribution in [0, 0.1) is 24.3 Å². The SMILES string of the molecule is Cc1cc[n+]([O-])c(-c2nccc(C)[n+]2[O-])n1. The summed E-state index contributed by atoms with van der Waals surface area (Å²) in [4.78, 5) is 7.89. The Bertz CT molecular complexity index is 542. The molecule has 6 heteroatoms. The summed E-state index contributed by atoms with van der Waals surface area (Å²) in [6, 6.07) is 3.14. The quantitative estimate of drug-likeness (QED) is 0.499. The maximum Gasteiger partial charge on any atom is 0.422 e. The van der Waals surface area contributed by atoms with Crippen LogP contribution >= 0.6 is 0 Å². The molecule has 0 amide bonds. The van der Waals surface area contributed by atoms with Crippen LogP contribution in [0.3, 0.4) is 0 Å². The second-order valence-corrected chi connectivity index (χ2v) is 3.42. The van der Waals surface area contributed by atoms with E-state index in [-0.39, 0.29) is 11.6 Å². The Kier molecular flexibility index (Phi) is 2.40. The van der Waals surface area contributed by atoms with Crippen molar-refractivity contribution in [2.75, 3.05) is 0 Å². The summed E-state index contributed by atoms with van der Waals surface area (Å²) in [5.74, 6) is 0.0254. The summed E-state index contributed by atoms with van der Waals surface area (Å²) < 4.78 is 1.12. The fraction of sp³-hybridized carbons (Fsp3) is 0.200. The maximum absolute atomic E-state index is 11.7. The third-order valence-electron chi connectivity index (χ3n) is 2.17. The molecule has 0 saturated heterocycles. The highest BCUT2D eigenvalue weighted by molar-refractivity contribution is 5.34. The summed E-state index contributed by atoms with van der Waals surface area (Å²) in [7, 11) is 0. The van der Waals surface area contributed by atoms with Crippen molar-refractivity contribution in [1.29, 1.82) is 0 Å². The lowest BCUT2D eigenvalue weighted by Gasteiger charge is -2.08. The third kappa shape index (κ3) is 1.65. The number of aromatic nitrogens is 4. The fourth-order valence-corrected chi connectivity index (χ4v) is 1.30. The molecule has 0 aliphatic rings. The Morgan fingerprint density at radius 3 is 2.62 bits per heavy atom. The van der Waals surface area contributed by atoms with E-state index < -0.39 is 0 Å². The lowest BCUT2D eigenvalue weighted by Crippen LogP contribution is -2.40. The van der Waals surface area contributed by atoms with Gasteiger partial charge >= 0.3 is 11.6 Å². The summed E-state index contributed by atoms with van der Waals surface area (Å²) in [5, 5.41) is 23.2. The second-order valence-electron chi connectivity index (χ2n) is 3.42. The summed E-state index contributed by atoms with van der Waals surface area (Å²) in [6.45, 7) is 3.39. The van der Waals surface area contributed by atoms with E-state index in [0.29, 0.717) is 20.8 Å². The topological polar surface area (TPSA) is 79.7 Å². The van der Waals surface area contributed by atoms with E-state index in [2.05, 4.69) is 9.97 Å². The van der Waals surface area contributed by atoms with Gasteiger partial charge in [0.15, 0.2) is 5.69 Å². The van der Waals surface area contributed by atoms with Crippen molar-refractivity contribution in [2.24, 2.45) is 0 Å². The summed E-state index contributed by atoms with van der Waals surface area (Å²) >= 11 is 0. The number of nitrogens with zero attached hydrogens (tertiary/aromatic N) is 4. The van der Waals surface area contributed by atoms with Crippen LogP contribution in [0.2, 0.25) is 0 Å². The molecule has 0 aliphatic heterocycles. The second kappa shape index (κ2) is 3.73. The molecule has 2 aromatic rings. The van der Waals surface area contributed by atoms with E-state index in [1.807, 2.05) is 0 Å². The molecule has 6 nitrogen and oxygen atoms in total. The number of hydrogen-bond acceptors (Lipinski definition) is 4. The standard InChI is InChI=1S/C10H10N4O2/c1-7-4-6-13(15)10(12-7)9-11-5-3-8(2)14(9)16/h3-6H,1-2H3. The number of rotatable bonds is 1. The molecular formula is C10H10N4O2. The van der Waals surface area contributed by atoms with Crippen LogP contribution in [0.4, 0.5) is 0 Å². The average Bonchev–Trinajstić information content (AvgIpc) is 2.26. The maximum atomic E-state index is 11.7. The van der Waals surface area contributed by atoms with E-state index in [1.165, 1.54) is 12.4 Å². The van der Waals surface area contributed by atoms with Crippen molar-refractivity contribution in [1.82, 2.24) is 9.97 Å². The van der Waals surface area contributed by atoms with Crippen LogP contribution in [0.25, 0.3) is 11.6 Å². The van der Waals surface area contributed by atoms with Crippen molar-refractivity contribution >= 4 is 0 Å². The monoisotopic (exact) mass is 218 g/mol. The van der Waals surface area contributed by atoms with Crippen LogP contribution in [0.5, 0.6) is 0 Å². The van der Waals surface area contributed by atoms with E-state index in [0.717, 1.165) is 0 Å². The first kappa shape index (κ1) is 10.3. The first-order chi connectivity index (χ1) is 7.59. The van der Waals surface area contributed by atoms with E-state index in [4.69, 9.17) is 0 Å². The van der Waals surface area contributed by atoms with Gasteiger partial charge in [0.1, 0.15) is 11.9 Å². The van der Waals surface area contributed by atoms with Crippen molar-refractivity contribution in [2.45, 2.75) is 13.8 Å². The van der Waals surface area contributed by atoms with Gasteiger partial charge < -0.3 is 10.4 Å². The minimum Gasteiger partial charge on any atom is -0.710 e. The highest BCUT2D eigenvalue weighted by atomic mass is 16.5. The van der Waals surface area contributed by atoms with Gasteiger partial charge in [0, 0.05) is 19.1 Å². The van der Waals surface area contributed by atoms with Crippen LogP contribution in [0.15, 0.2) is 24.5 Å². The van der Waals surface area contributed by atoms with Crippen LogP contribution in [-0.2, 0) is 0 Å². The molecule has 0 saturated carbocycles. The first-order valence-electron chi connectivity index (χ1n) is 4.72. The predicted molar refractivity (Wildman–Crippen MR) is 54.9 cm³/mol. The van der Waals surface area contributed by atoms with E-state index in [1.54, 1.807) is 26.0 Å². The zero-order valence-electron chi connectivity index (χ0n) is 8.91. The molecule has 0 N–H and O–H groups in total.